The topological polar surface area (TPSA) is 77.8 Å². The molecule has 3 saturated carbocycles. The molecule has 4 heteroatoms. The summed E-state index contributed by atoms with van der Waals surface area (Å²) in [6.07, 6.45) is 7.65. The van der Waals surface area contributed by atoms with Crippen molar-refractivity contribution in [1.82, 2.24) is 0 Å². The van der Waals surface area contributed by atoms with E-state index in [9.17, 15) is 20.1 Å². The summed E-state index contributed by atoms with van der Waals surface area (Å²) >= 11 is 0. The third kappa shape index (κ3) is 2.08. The highest BCUT2D eigenvalue weighted by molar-refractivity contribution is 5.90. The van der Waals surface area contributed by atoms with E-state index in [1.807, 2.05) is 6.92 Å². The lowest BCUT2D eigenvalue weighted by Gasteiger charge is -2.60. The maximum atomic E-state index is 12.1. The fourth-order valence-electron chi connectivity index (χ4n) is 7.39. The van der Waals surface area contributed by atoms with E-state index < -0.39 is 23.1 Å². The number of allylic oxidation sites excluding steroid dienone is 1. The van der Waals surface area contributed by atoms with Crippen molar-refractivity contribution in [1.29, 1.82) is 0 Å². The molecule has 3 N–H and O–H groups in total. The molecule has 0 aromatic heterocycles. The van der Waals surface area contributed by atoms with Gasteiger partial charge in [-0.25, -0.2) is 0 Å². The Bertz CT molecular complexity index is 623. The summed E-state index contributed by atoms with van der Waals surface area (Å²) in [6.45, 7) is 6.72. The van der Waals surface area contributed by atoms with E-state index >= 15 is 0 Å². The molecule has 4 aliphatic rings. The fourth-order valence-corrected chi connectivity index (χ4v) is 7.39. The number of hydrogen-bond donors (Lipinski definition) is 3. The molecule has 0 radical (unpaired) electrons. The number of aliphatic hydroxyl groups is 3. The zero-order chi connectivity index (χ0) is 18.2. The van der Waals surface area contributed by atoms with Gasteiger partial charge in [-0.1, -0.05) is 38.8 Å². The maximum Gasteiger partial charge on any atom is 0.252 e. The van der Waals surface area contributed by atoms with Gasteiger partial charge in [-0.05, 0) is 61.2 Å². The van der Waals surface area contributed by atoms with Gasteiger partial charge < -0.3 is 15.3 Å². The van der Waals surface area contributed by atoms with Crippen molar-refractivity contribution >= 4 is 5.78 Å². The molecular weight excluding hydrogens is 316 g/mol. The van der Waals surface area contributed by atoms with E-state index in [0.29, 0.717) is 17.3 Å². The van der Waals surface area contributed by atoms with Crippen molar-refractivity contribution in [3.63, 3.8) is 0 Å². The maximum absolute atomic E-state index is 12.1. The molecule has 4 nitrogen and oxygen atoms in total. The van der Waals surface area contributed by atoms with Crippen molar-refractivity contribution in [2.24, 2.45) is 34.5 Å². The van der Waals surface area contributed by atoms with Gasteiger partial charge in [-0.2, -0.15) is 0 Å². The lowest BCUT2D eigenvalue weighted by molar-refractivity contribution is -0.257. The minimum atomic E-state index is -2.61. The predicted molar refractivity (Wildman–Crippen MR) is 94.4 cm³/mol. The number of Topliss-reactive ketones (excluding diaryl/α,β-unsaturated/α-hetero) is 1. The number of carbonyl (C=O) groups excluding carboxylic acids is 1. The van der Waals surface area contributed by atoms with E-state index in [2.05, 4.69) is 19.9 Å². The summed E-state index contributed by atoms with van der Waals surface area (Å²) in [7, 11) is 0. The molecule has 25 heavy (non-hydrogen) atoms. The van der Waals surface area contributed by atoms with Gasteiger partial charge in [0.05, 0.1) is 0 Å². The molecule has 0 aliphatic heterocycles. The summed E-state index contributed by atoms with van der Waals surface area (Å²) in [5.74, 6) is -1.16. The summed E-state index contributed by atoms with van der Waals surface area (Å²) in [5, 5.41) is 31.3. The van der Waals surface area contributed by atoms with Crippen LogP contribution in [0, 0.1) is 34.5 Å². The van der Waals surface area contributed by atoms with Crippen LogP contribution in [0.4, 0.5) is 0 Å². The van der Waals surface area contributed by atoms with Crippen molar-refractivity contribution in [2.75, 3.05) is 0 Å². The number of aliphatic hydroxyl groups excluding tert-OH is 1. The van der Waals surface area contributed by atoms with E-state index in [1.54, 1.807) is 0 Å². The lowest BCUT2D eigenvalue weighted by Crippen LogP contribution is -2.65. The molecule has 1 unspecified atom stereocenters. The van der Waals surface area contributed by atoms with Gasteiger partial charge >= 0.3 is 0 Å². The lowest BCUT2D eigenvalue weighted by atomic mass is 9.46. The van der Waals surface area contributed by atoms with Crippen LogP contribution < -0.4 is 0 Å². The molecular formula is C21H32O4. The molecule has 0 spiro atoms. The highest BCUT2D eigenvalue weighted by Gasteiger charge is 2.65. The highest BCUT2D eigenvalue weighted by atomic mass is 16.5. The minimum Gasteiger partial charge on any atom is -0.386 e. The Morgan fingerprint density at radius 3 is 2.56 bits per heavy atom. The number of rotatable bonds is 1. The third-order valence-corrected chi connectivity index (χ3v) is 8.94. The van der Waals surface area contributed by atoms with Gasteiger partial charge in [0.2, 0.25) is 0 Å². The third-order valence-electron chi connectivity index (χ3n) is 8.94. The minimum absolute atomic E-state index is 0.0588. The van der Waals surface area contributed by atoms with E-state index in [0.717, 1.165) is 30.8 Å². The van der Waals surface area contributed by atoms with Crippen molar-refractivity contribution in [3.8, 4) is 0 Å². The van der Waals surface area contributed by atoms with Gasteiger partial charge in [0.15, 0.2) is 5.78 Å². The molecule has 140 valence electrons. The fraction of sp³-hybridized carbons (Fsp3) is 0.857. The van der Waals surface area contributed by atoms with E-state index in [4.69, 9.17) is 0 Å². The Morgan fingerprint density at radius 2 is 1.88 bits per heavy atom. The summed E-state index contributed by atoms with van der Waals surface area (Å²) < 4.78 is 0. The second-order valence-electron chi connectivity index (χ2n) is 9.58. The van der Waals surface area contributed by atoms with Gasteiger partial charge in [-0.15, -0.1) is 0 Å². The van der Waals surface area contributed by atoms with Crippen LogP contribution in [0.3, 0.4) is 0 Å². The summed E-state index contributed by atoms with van der Waals surface area (Å²) in [6, 6.07) is 0. The van der Waals surface area contributed by atoms with Crippen molar-refractivity contribution in [3.05, 3.63) is 11.6 Å². The molecule has 7 atom stereocenters. The second-order valence-corrected chi connectivity index (χ2v) is 9.58. The highest BCUT2D eigenvalue weighted by Crippen LogP contribution is 2.66. The molecule has 0 heterocycles. The average molecular weight is 348 g/mol. The Kier molecular flexibility index (Phi) is 3.82. The van der Waals surface area contributed by atoms with Crippen LogP contribution in [-0.4, -0.2) is 33.0 Å². The average Bonchev–Trinajstić information content (AvgIpc) is 2.91. The molecule has 0 amide bonds. The zero-order valence-corrected chi connectivity index (χ0v) is 15.7. The van der Waals surface area contributed by atoms with Crippen LogP contribution >= 0.6 is 0 Å². The largest absolute Gasteiger partial charge is 0.386 e. The van der Waals surface area contributed by atoms with Crippen molar-refractivity contribution in [2.45, 2.75) is 77.6 Å². The number of fused-ring (bicyclic) bond motifs is 5. The number of hydrogen-bond acceptors (Lipinski definition) is 4. The van der Waals surface area contributed by atoms with Crippen LogP contribution in [0.1, 0.15) is 65.7 Å². The molecule has 0 bridgehead atoms. The predicted octanol–water partition coefficient (Wildman–Crippen LogP) is 2.81. The monoisotopic (exact) mass is 348 g/mol. The Hall–Kier alpha value is -0.710. The number of ketones is 1. The standard InChI is InChI=1S/C21H32O4/c1-4-12-6-8-15-14-7-5-13-11-17(22)21(24,25)18(23)20(13,3)16(14)9-10-19(12,15)2/h5,12,14-16,18,23-25H,4,6-11H2,1-3H3/t12-,14-,15+,16-,18?,19+,20-/m0/s1. The first-order valence-electron chi connectivity index (χ1n) is 10.0. The molecule has 0 aromatic rings. The quantitative estimate of drug-likeness (QED) is 0.503. The molecule has 0 saturated heterocycles. The first kappa shape index (κ1) is 17.7. The smallest absolute Gasteiger partial charge is 0.252 e. The normalized spacial score (nSPS) is 51.4. The Balaban J connectivity index is 1.74. The Labute approximate surface area is 150 Å². The summed E-state index contributed by atoms with van der Waals surface area (Å²) in [4.78, 5) is 12.1. The van der Waals surface area contributed by atoms with Crippen molar-refractivity contribution < 1.29 is 20.1 Å². The van der Waals surface area contributed by atoms with Gasteiger partial charge in [0.1, 0.15) is 6.10 Å². The Morgan fingerprint density at radius 1 is 1.16 bits per heavy atom. The van der Waals surface area contributed by atoms with E-state index in [1.165, 1.54) is 19.3 Å². The first-order chi connectivity index (χ1) is 11.7. The van der Waals surface area contributed by atoms with Crippen LogP contribution in [0.2, 0.25) is 0 Å². The molecule has 0 aromatic carbocycles. The number of carbonyl (C=O) groups is 1. The van der Waals surface area contributed by atoms with Crippen LogP contribution in [0.5, 0.6) is 0 Å². The molecule has 4 rings (SSSR count). The van der Waals surface area contributed by atoms with Crippen LogP contribution in [-0.2, 0) is 4.79 Å². The SMILES string of the molecule is CC[C@H]1CC[C@@H]2[C@@H]3CC=C4CC(=O)C(O)(O)C(O)[C@]4(C)[C@H]3CC[C@]12C. The second kappa shape index (κ2) is 5.40. The van der Waals surface area contributed by atoms with E-state index in [-0.39, 0.29) is 12.3 Å². The van der Waals surface area contributed by atoms with Gasteiger partial charge in [0, 0.05) is 11.8 Å². The van der Waals surface area contributed by atoms with Gasteiger partial charge in [0.25, 0.3) is 5.79 Å². The van der Waals surface area contributed by atoms with Crippen LogP contribution in [0.15, 0.2) is 11.6 Å². The zero-order valence-electron chi connectivity index (χ0n) is 15.7. The molecule has 4 aliphatic carbocycles. The van der Waals surface area contributed by atoms with Gasteiger partial charge in [-0.3, -0.25) is 4.79 Å². The molecule has 3 fully saturated rings. The summed E-state index contributed by atoms with van der Waals surface area (Å²) in [5.41, 5.74) is 0.604. The first-order valence-corrected chi connectivity index (χ1v) is 10.0. The van der Waals surface area contributed by atoms with Crippen LogP contribution in [0.25, 0.3) is 0 Å².